The van der Waals surface area contributed by atoms with Gasteiger partial charge >= 0.3 is 0 Å². The van der Waals surface area contributed by atoms with Gasteiger partial charge in [0.25, 0.3) is 0 Å². The van der Waals surface area contributed by atoms with Gasteiger partial charge in [0.05, 0.1) is 0 Å². The minimum Gasteiger partial charge on any atom is -0.301 e. The van der Waals surface area contributed by atoms with Crippen molar-refractivity contribution in [2.24, 2.45) is 0 Å². The summed E-state index contributed by atoms with van der Waals surface area (Å²) in [6.07, 6.45) is 0.319. The fraction of sp³-hybridized carbons (Fsp3) is 0.750. The lowest BCUT2D eigenvalue weighted by Crippen LogP contribution is -2.20. The molecule has 0 aromatic carbocycles. The van der Waals surface area contributed by atoms with Gasteiger partial charge in [-0.15, -0.1) is 0 Å². The van der Waals surface area contributed by atoms with E-state index >= 15 is 0 Å². The summed E-state index contributed by atoms with van der Waals surface area (Å²) < 4.78 is 31.6. The molecule has 2 atom stereocenters. The normalized spacial score (nSPS) is 49.1. The summed E-state index contributed by atoms with van der Waals surface area (Å²) in [5.74, 6) is -3.59. The van der Waals surface area contributed by atoms with Crippen LogP contribution in [0.2, 0.25) is 0 Å². The molecule has 0 saturated carbocycles. The van der Waals surface area contributed by atoms with Crippen LogP contribution in [0.15, 0.2) is 11.1 Å². The Morgan fingerprint density at radius 2 is 1.45 bits per heavy atom. The number of hydrogen-bond acceptors (Lipinski definition) is 1. The lowest BCUT2D eigenvalue weighted by Gasteiger charge is -2.16. The van der Waals surface area contributed by atoms with Gasteiger partial charge < -0.3 is 4.74 Å². The molecule has 2 heterocycles. The minimum absolute atomic E-state index is 0.159. The van der Waals surface area contributed by atoms with Crippen molar-refractivity contribution in [3.8, 4) is 0 Å². The van der Waals surface area contributed by atoms with E-state index < -0.39 is 11.7 Å². The number of halogens is 2. The first-order chi connectivity index (χ1) is 4.98. The van der Waals surface area contributed by atoms with Crippen molar-refractivity contribution in [3.05, 3.63) is 11.1 Å². The quantitative estimate of drug-likeness (QED) is 0.494. The SMILES string of the molecule is CC1=C(C)[C@@]2(F)CCC1(F)O2. The van der Waals surface area contributed by atoms with E-state index in [0.717, 1.165) is 0 Å². The molecule has 62 valence electrons. The highest BCUT2D eigenvalue weighted by molar-refractivity contribution is 5.33. The number of ether oxygens (including phenoxy) is 1. The summed E-state index contributed by atoms with van der Waals surface area (Å²) >= 11 is 0. The van der Waals surface area contributed by atoms with E-state index in [4.69, 9.17) is 0 Å². The van der Waals surface area contributed by atoms with Crippen molar-refractivity contribution in [1.82, 2.24) is 0 Å². The number of alkyl halides is 2. The van der Waals surface area contributed by atoms with Gasteiger partial charge in [-0.3, -0.25) is 0 Å². The molecule has 1 unspecified atom stereocenters. The fourth-order valence-electron chi connectivity index (χ4n) is 1.77. The molecule has 3 heteroatoms. The van der Waals surface area contributed by atoms with Gasteiger partial charge in [0.2, 0.25) is 11.7 Å². The smallest absolute Gasteiger partial charge is 0.234 e. The Hall–Kier alpha value is -0.440. The van der Waals surface area contributed by atoms with Crippen molar-refractivity contribution >= 4 is 0 Å². The first kappa shape index (κ1) is 7.22. The van der Waals surface area contributed by atoms with Crippen LogP contribution in [0, 0.1) is 0 Å². The number of rotatable bonds is 0. The van der Waals surface area contributed by atoms with Crippen LogP contribution in [-0.2, 0) is 4.74 Å². The maximum atomic E-state index is 13.5. The van der Waals surface area contributed by atoms with Crippen molar-refractivity contribution in [3.63, 3.8) is 0 Å². The third kappa shape index (κ3) is 0.670. The fourth-order valence-corrected chi connectivity index (χ4v) is 1.77. The lowest BCUT2D eigenvalue weighted by atomic mass is 9.91. The summed E-state index contributed by atoms with van der Waals surface area (Å²) in [6.45, 7) is 3.19. The van der Waals surface area contributed by atoms with Crippen LogP contribution in [-0.4, -0.2) is 11.7 Å². The molecule has 1 nitrogen and oxygen atoms in total. The van der Waals surface area contributed by atoms with Crippen molar-refractivity contribution in [2.45, 2.75) is 38.4 Å². The van der Waals surface area contributed by atoms with Crippen LogP contribution >= 0.6 is 0 Å². The maximum Gasteiger partial charge on any atom is 0.234 e. The van der Waals surface area contributed by atoms with Crippen LogP contribution in [0.25, 0.3) is 0 Å². The third-order valence-electron chi connectivity index (χ3n) is 2.77. The highest BCUT2D eigenvalue weighted by Gasteiger charge is 2.59. The summed E-state index contributed by atoms with van der Waals surface area (Å²) in [7, 11) is 0. The van der Waals surface area contributed by atoms with Gasteiger partial charge in [0.1, 0.15) is 0 Å². The standard InChI is InChI=1S/C8H10F2O/c1-5-6(2)8(10)4-3-7(5,9)11-8/h3-4H2,1-2H3/t7-,8?/m1/s1. The highest BCUT2D eigenvalue weighted by Crippen LogP contribution is 2.55. The van der Waals surface area contributed by atoms with E-state index in [1.807, 2.05) is 0 Å². The first-order valence-corrected chi connectivity index (χ1v) is 3.74. The van der Waals surface area contributed by atoms with Crippen molar-refractivity contribution < 1.29 is 13.5 Å². The zero-order valence-electron chi connectivity index (χ0n) is 6.58. The molecule has 0 aliphatic carbocycles. The summed E-state index contributed by atoms with van der Waals surface area (Å²) in [4.78, 5) is 0. The summed E-state index contributed by atoms with van der Waals surface area (Å²) in [5, 5.41) is 0. The van der Waals surface area contributed by atoms with E-state index in [1.165, 1.54) is 0 Å². The molecule has 0 aromatic heterocycles. The zero-order valence-corrected chi connectivity index (χ0v) is 6.58. The molecule has 2 rings (SSSR count). The average molecular weight is 160 g/mol. The molecule has 2 aliphatic rings. The highest BCUT2D eigenvalue weighted by atomic mass is 19.2. The Morgan fingerprint density at radius 1 is 1.09 bits per heavy atom. The molecule has 1 fully saturated rings. The van der Waals surface area contributed by atoms with Crippen LogP contribution in [0.3, 0.4) is 0 Å². The predicted molar refractivity (Wildman–Crippen MR) is 36.4 cm³/mol. The molecule has 2 aliphatic heterocycles. The van der Waals surface area contributed by atoms with Gasteiger partial charge in [-0.25, -0.2) is 8.78 Å². The Labute approximate surface area is 64.0 Å². The van der Waals surface area contributed by atoms with Crippen LogP contribution < -0.4 is 0 Å². The molecule has 2 bridgehead atoms. The Bertz CT molecular complexity index is 224. The second-order valence-electron chi connectivity index (χ2n) is 3.31. The molecule has 0 N–H and O–H groups in total. The third-order valence-corrected chi connectivity index (χ3v) is 2.77. The Morgan fingerprint density at radius 3 is 1.64 bits per heavy atom. The van der Waals surface area contributed by atoms with E-state index in [0.29, 0.717) is 11.1 Å². The predicted octanol–water partition coefficient (Wildman–Crippen LogP) is 2.48. The lowest BCUT2D eigenvalue weighted by molar-refractivity contribution is -0.167. The molecule has 0 aromatic rings. The van der Waals surface area contributed by atoms with Crippen molar-refractivity contribution in [2.75, 3.05) is 0 Å². The average Bonchev–Trinajstić information content (AvgIpc) is 2.32. The molecule has 0 radical (unpaired) electrons. The van der Waals surface area contributed by atoms with E-state index in [9.17, 15) is 8.78 Å². The zero-order chi connectivity index (χ0) is 8.28. The molecular formula is C8H10F2O. The van der Waals surface area contributed by atoms with Gasteiger partial charge in [0, 0.05) is 12.8 Å². The Kier molecular flexibility index (Phi) is 1.09. The van der Waals surface area contributed by atoms with Gasteiger partial charge in [0.15, 0.2) is 0 Å². The second kappa shape index (κ2) is 1.66. The first-order valence-electron chi connectivity index (χ1n) is 3.74. The van der Waals surface area contributed by atoms with Gasteiger partial charge in [-0.2, -0.15) is 0 Å². The van der Waals surface area contributed by atoms with E-state index in [-0.39, 0.29) is 12.8 Å². The molecule has 0 spiro atoms. The van der Waals surface area contributed by atoms with Crippen LogP contribution in [0.5, 0.6) is 0 Å². The monoisotopic (exact) mass is 160 g/mol. The van der Waals surface area contributed by atoms with Gasteiger partial charge in [-0.05, 0) is 25.0 Å². The molecular weight excluding hydrogens is 150 g/mol. The number of fused-ring (bicyclic) bond motifs is 2. The van der Waals surface area contributed by atoms with Crippen LogP contribution in [0.1, 0.15) is 26.7 Å². The molecule has 1 saturated heterocycles. The Balaban J connectivity index is 2.52. The molecule has 0 amide bonds. The minimum atomic E-state index is -1.79. The van der Waals surface area contributed by atoms with E-state index in [1.54, 1.807) is 13.8 Å². The van der Waals surface area contributed by atoms with Crippen LogP contribution in [0.4, 0.5) is 8.78 Å². The molecule has 11 heavy (non-hydrogen) atoms. The maximum absolute atomic E-state index is 13.5. The topological polar surface area (TPSA) is 9.23 Å². The summed E-state index contributed by atoms with van der Waals surface area (Å²) in [6, 6.07) is 0. The van der Waals surface area contributed by atoms with Gasteiger partial charge in [-0.1, -0.05) is 0 Å². The largest absolute Gasteiger partial charge is 0.301 e. The summed E-state index contributed by atoms with van der Waals surface area (Å²) in [5.41, 5.74) is 0.845. The van der Waals surface area contributed by atoms with E-state index in [2.05, 4.69) is 4.74 Å². The van der Waals surface area contributed by atoms with Crippen molar-refractivity contribution in [1.29, 1.82) is 0 Å². The second-order valence-corrected chi connectivity index (χ2v) is 3.31. The number of hydrogen-bond donors (Lipinski definition) is 0.